The second kappa shape index (κ2) is 5.89. The van der Waals surface area contributed by atoms with Gasteiger partial charge in [-0.2, -0.15) is 0 Å². The Labute approximate surface area is 112 Å². The minimum Gasteiger partial charge on any atom is -0.396 e. The fraction of sp³-hybridized carbons (Fsp3) is 1.00. The molecule has 1 atom stereocenters. The Balaban J connectivity index is 1.93. The standard InChI is InChI=1S/C15H30N2O/c1-13-4-6-15(12-18,7-5-13)11-17-9-8-16(3)10-14(17)2/h13-14,18H,4-12H2,1-3H3. The normalized spacial score (nSPS) is 40.0. The van der Waals surface area contributed by atoms with Gasteiger partial charge < -0.3 is 10.0 Å². The van der Waals surface area contributed by atoms with Crippen LogP contribution in [0.1, 0.15) is 39.5 Å². The topological polar surface area (TPSA) is 26.7 Å². The first kappa shape index (κ1) is 14.3. The molecule has 0 spiro atoms. The van der Waals surface area contributed by atoms with Crippen molar-refractivity contribution in [2.45, 2.75) is 45.6 Å². The van der Waals surface area contributed by atoms with Gasteiger partial charge in [0, 0.05) is 44.2 Å². The average molecular weight is 254 g/mol. The van der Waals surface area contributed by atoms with Gasteiger partial charge in [0.25, 0.3) is 0 Å². The van der Waals surface area contributed by atoms with E-state index in [9.17, 15) is 5.11 Å². The van der Waals surface area contributed by atoms with Crippen LogP contribution in [0, 0.1) is 11.3 Å². The number of hydrogen-bond acceptors (Lipinski definition) is 3. The SMILES string of the molecule is CC1CCC(CO)(CN2CCN(C)CC2C)CC1. The van der Waals surface area contributed by atoms with Crippen LogP contribution in [0.2, 0.25) is 0 Å². The van der Waals surface area contributed by atoms with Gasteiger partial charge in [0.15, 0.2) is 0 Å². The maximum absolute atomic E-state index is 9.86. The van der Waals surface area contributed by atoms with Gasteiger partial charge in [-0.15, -0.1) is 0 Å². The summed E-state index contributed by atoms with van der Waals surface area (Å²) in [4.78, 5) is 5.02. The van der Waals surface area contributed by atoms with Crippen molar-refractivity contribution in [3.8, 4) is 0 Å². The molecular formula is C15H30N2O. The molecule has 0 bridgehead atoms. The summed E-state index contributed by atoms with van der Waals surface area (Å²) in [5.41, 5.74) is 0.191. The van der Waals surface area contributed by atoms with Gasteiger partial charge in [0.05, 0.1) is 0 Å². The van der Waals surface area contributed by atoms with E-state index in [1.54, 1.807) is 0 Å². The summed E-state index contributed by atoms with van der Waals surface area (Å²) < 4.78 is 0. The Morgan fingerprint density at radius 1 is 1.17 bits per heavy atom. The van der Waals surface area contributed by atoms with Crippen molar-refractivity contribution >= 4 is 0 Å². The van der Waals surface area contributed by atoms with Crippen LogP contribution in [-0.2, 0) is 0 Å². The Hall–Kier alpha value is -0.120. The van der Waals surface area contributed by atoms with Gasteiger partial charge in [-0.05, 0) is 32.7 Å². The molecule has 1 unspecified atom stereocenters. The van der Waals surface area contributed by atoms with Crippen LogP contribution in [0.5, 0.6) is 0 Å². The summed E-state index contributed by atoms with van der Waals surface area (Å²) in [5.74, 6) is 0.856. The molecule has 0 aromatic carbocycles. The number of rotatable bonds is 3. The van der Waals surface area contributed by atoms with Crippen molar-refractivity contribution in [2.24, 2.45) is 11.3 Å². The molecule has 1 N–H and O–H groups in total. The summed E-state index contributed by atoms with van der Waals surface area (Å²) >= 11 is 0. The summed E-state index contributed by atoms with van der Waals surface area (Å²) in [6.07, 6.45) is 5.01. The Morgan fingerprint density at radius 3 is 2.39 bits per heavy atom. The fourth-order valence-corrected chi connectivity index (χ4v) is 3.58. The van der Waals surface area contributed by atoms with Crippen molar-refractivity contribution in [3.63, 3.8) is 0 Å². The van der Waals surface area contributed by atoms with Crippen molar-refractivity contribution in [1.82, 2.24) is 9.80 Å². The maximum Gasteiger partial charge on any atom is 0.0499 e. The number of nitrogens with zero attached hydrogens (tertiary/aromatic N) is 2. The van der Waals surface area contributed by atoms with E-state index in [0.717, 1.165) is 25.6 Å². The molecule has 1 heterocycles. The molecule has 1 saturated carbocycles. The predicted molar refractivity (Wildman–Crippen MR) is 75.7 cm³/mol. The lowest BCUT2D eigenvalue weighted by Crippen LogP contribution is -2.54. The highest BCUT2D eigenvalue weighted by molar-refractivity contribution is 4.90. The Bertz CT molecular complexity index is 261. The number of piperazine rings is 1. The lowest BCUT2D eigenvalue weighted by molar-refractivity contribution is -0.00258. The van der Waals surface area contributed by atoms with E-state index in [2.05, 4.69) is 30.7 Å². The summed E-state index contributed by atoms with van der Waals surface area (Å²) in [7, 11) is 2.21. The minimum absolute atomic E-state index is 0.191. The lowest BCUT2D eigenvalue weighted by Gasteiger charge is -2.46. The molecule has 1 aliphatic carbocycles. The number of hydrogen-bond donors (Lipinski definition) is 1. The first-order valence-corrected chi connectivity index (χ1v) is 7.58. The van der Waals surface area contributed by atoms with Crippen LogP contribution in [-0.4, -0.2) is 60.8 Å². The minimum atomic E-state index is 0.191. The quantitative estimate of drug-likeness (QED) is 0.832. The third kappa shape index (κ3) is 3.25. The van der Waals surface area contributed by atoms with Crippen molar-refractivity contribution in [1.29, 1.82) is 0 Å². The van der Waals surface area contributed by atoms with E-state index in [1.807, 2.05) is 0 Å². The lowest BCUT2D eigenvalue weighted by atomic mass is 9.71. The van der Waals surface area contributed by atoms with Crippen molar-refractivity contribution in [2.75, 3.05) is 39.8 Å². The zero-order chi connectivity index (χ0) is 13.2. The van der Waals surface area contributed by atoms with Crippen molar-refractivity contribution < 1.29 is 5.11 Å². The molecule has 3 heteroatoms. The maximum atomic E-state index is 9.86. The van der Waals surface area contributed by atoms with Crippen LogP contribution < -0.4 is 0 Å². The molecule has 2 fully saturated rings. The van der Waals surface area contributed by atoms with Crippen LogP contribution in [0.4, 0.5) is 0 Å². The second-order valence-corrected chi connectivity index (χ2v) is 6.92. The zero-order valence-corrected chi connectivity index (χ0v) is 12.4. The van der Waals surface area contributed by atoms with Crippen molar-refractivity contribution in [3.05, 3.63) is 0 Å². The third-order valence-electron chi connectivity index (χ3n) is 5.18. The fourth-order valence-electron chi connectivity index (χ4n) is 3.58. The summed E-state index contributed by atoms with van der Waals surface area (Å²) in [6.45, 7) is 9.64. The molecule has 106 valence electrons. The third-order valence-corrected chi connectivity index (χ3v) is 5.18. The van der Waals surface area contributed by atoms with E-state index < -0.39 is 0 Å². The summed E-state index contributed by atoms with van der Waals surface area (Å²) in [6, 6.07) is 0.631. The molecule has 0 aromatic rings. The second-order valence-electron chi connectivity index (χ2n) is 6.92. The Morgan fingerprint density at radius 2 is 1.83 bits per heavy atom. The van der Waals surface area contributed by atoms with Crippen LogP contribution >= 0.6 is 0 Å². The zero-order valence-electron chi connectivity index (χ0n) is 12.4. The molecular weight excluding hydrogens is 224 g/mol. The first-order chi connectivity index (χ1) is 8.54. The van der Waals surface area contributed by atoms with Gasteiger partial charge in [-0.3, -0.25) is 4.90 Å². The molecule has 0 radical (unpaired) electrons. The van der Waals surface area contributed by atoms with E-state index in [-0.39, 0.29) is 5.41 Å². The molecule has 18 heavy (non-hydrogen) atoms. The summed E-state index contributed by atoms with van der Waals surface area (Å²) in [5, 5.41) is 9.86. The number of aliphatic hydroxyl groups excluding tert-OH is 1. The van der Waals surface area contributed by atoms with E-state index in [1.165, 1.54) is 32.2 Å². The molecule has 2 rings (SSSR count). The Kier molecular flexibility index (Phi) is 4.68. The van der Waals surface area contributed by atoms with Gasteiger partial charge >= 0.3 is 0 Å². The highest BCUT2D eigenvalue weighted by Gasteiger charge is 2.37. The van der Waals surface area contributed by atoms with Crippen LogP contribution in [0.3, 0.4) is 0 Å². The molecule has 1 saturated heterocycles. The molecule has 0 amide bonds. The van der Waals surface area contributed by atoms with Gasteiger partial charge in [-0.1, -0.05) is 19.8 Å². The van der Waals surface area contributed by atoms with Gasteiger partial charge in [-0.25, -0.2) is 0 Å². The molecule has 3 nitrogen and oxygen atoms in total. The largest absolute Gasteiger partial charge is 0.396 e. The first-order valence-electron chi connectivity index (χ1n) is 7.58. The highest BCUT2D eigenvalue weighted by Crippen LogP contribution is 2.39. The smallest absolute Gasteiger partial charge is 0.0499 e. The number of aliphatic hydroxyl groups is 1. The number of likely N-dealkylation sites (N-methyl/N-ethyl adjacent to an activating group) is 1. The highest BCUT2D eigenvalue weighted by atomic mass is 16.3. The van der Waals surface area contributed by atoms with Gasteiger partial charge in [0.1, 0.15) is 0 Å². The van der Waals surface area contributed by atoms with E-state index >= 15 is 0 Å². The van der Waals surface area contributed by atoms with Crippen LogP contribution in [0.15, 0.2) is 0 Å². The van der Waals surface area contributed by atoms with E-state index in [4.69, 9.17) is 0 Å². The van der Waals surface area contributed by atoms with Gasteiger partial charge in [0.2, 0.25) is 0 Å². The molecule has 1 aliphatic heterocycles. The monoisotopic (exact) mass is 254 g/mol. The van der Waals surface area contributed by atoms with Crippen LogP contribution in [0.25, 0.3) is 0 Å². The predicted octanol–water partition coefficient (Wildman–Crippen LogP) is 1.81. The van der Waals surface area contributed by atoms with E-state index in [0.29, 0.717) is 12.6 Å². The molecule has 2 aliphatic rings. The average Bonchev–Trinajstić information content (AvgIpc) is 2.36. The molecule has 0 aromatic heterocycles.